The van der Waals surface area contributed by atoms with Crippen molar-refractivity contribution in [1.82, 2.24) is 10.3 Å². The number of carbonyl (C=O) groups excluding carboxylic acids is 1. The normalized spacial score (nSPS) is 12.3. The molecule has 4 heteroatoms. The van der Waals surface area contributed by atoms with Crippen LogP contribution in [0.3, 0.4) is 0 Å². The number of nitrogens with one attached hydrogen (secondary N) is 1. The van der Waals surface area contributed by atoms with E-state index in [9.17, 15) is 4.79 Å². The van der Waals surface area contributed by atoms with Crippen LogP contribution in [0, 0.1) is 5.41 Å². The molecule has 1 heterocycles. The van der Waals surface area contributed by atoms with Gasteiger partial charge in [-0.1, -0.05) is 13.0 Å². The van der Waals surface area contributed by atoms with E-state index in [1.54, 1.807) is 6.20 Å². The fourth-order valence-corrected chi connectivity index (χ4v) is 1.63. The molecule has 0 bridgehead atoms. The molecular weight excluding hydrogens is 238 g/mol. The highest BCUT2D eigenvalue weighted by Gasteiger charge is 2.40. The third-order valence-electron chi connectivity index (χ3n) is 3.96. The lowest BCUT2D eigenvalue weighted by Crippen LogP contribution is -2.55. The molecule has 0 saturated carbocycles. The summed E-state index contributed by atoms with van der Waals surface area (Å²) in [4.78, 5) is 16.6. The van der Waals surface area contributed by atoms with Crippen LogP contribution in [-0.4, -0.2) is 16.4 Å². The average molecular weight is 263 g/mol. The lowest BCUT2D eigenvalue weighted by Gasteiger charge is -2.36. The summed E-state index contributed by atoms with van der Waals surface area (Å²) < 4.78 is 0. The number of pyridine rings is 1. The Kier molecular flexibility index (Phi) is 4.69. The van der Waals surface area contributed by atoms with Gasteiger partial charge in [-0.2, -0.15) is 0 Å². The van der Waals surface area contributed by atoms with E-state index in [0.29, 0.717) is 6.54 Å². The first-order chi connectivity index (χ1) is 8.70. The number of nitrogens with two attached hydrogens (primary N) is 1. The van der Waals surface area contributed by atoms with Gasteiger partial charge in [0, 0.05) is 11.7 Å². The number of rotatable bonds is 5. The maximum atomic E-state index is 12.3. The molecule has 0 saturated heterocycles. The first kappa shape index (κ1) is 15.6. The molecule has 0 aliphatic carbocycles. The van der Waals surface area contributed by atoms with Crippen LogP contribution in [0.1, 0.15) is 45.9 Å². The number of hydrogen-bond acceptors (Lipinski definition) is 3. The minimum atomic E-state index is -0.631. The SMILES string of the molecule is CCc1cccnc1CNC(=O)C(C)(C)C(C)(C)N. The molecule has 1 aromatic heterocycles. The Morgan fingerprint density at radius 1 is 1.37 bits per heavy atom. The average Bonchev–Trinajstić information content (AvgIpc) is 2.34. The van der Waals surface area contributed by atoms with E-state index in [1.165, 1.54) is 0 Å². The zero-order chi connectivity index (χ0) is 14.7. The Morgan fingerprint density at radius 3 is 2.53 bits per heavy atom. The molecule has 19 heavy (non-hydrogen) atoms. The van der Waals surface area contributed by atoms with Crippen molar-refractivity contribution in [1.29, 1.82) is 0 Å². The van der Waals surface area contributed by atoms with Crippen molar-refractivity contribution >= 4 is 5.91 Å². The van der Waals surface area contributed by atoms with Crippen LogP contribution >= 0.6 is 0 Å². The number of hydrogen-bond donors (Lipinski definition) is 2. The van der Waals surface area contributed by atoms with Crippen LogP contribution in [0.15, 0.2) is 18.3 Å². The maximum Gasteiger partial charge on any atom is 0.227 e. The molecule has 1 rings (SSSR count). The Morgan fingerprint density at radius 2 is 2.00 bits per heavy atom. The van der Waals surface area contributed by atoms with Crippen LogP contribution in [-0.2, 0) is 17.8 Å². The standard InChI is InChI=1S/C15H25N3O/c1-6-11-8-7-9-17-12(11)10-18-13(19)14(2,3)15(4,5)16/h7-9H,6,10,16H2,1-5H3,(H,18,19). The second-order valence-electron chi connectivity index (χ2n) is 5.99. The lowest BCUT2D eigenvalue weighted by molar-refractivity contribution is -0.132. The Balaban J connectivity index is 2.75. The molecule has 0 aromatic carbocycles. The van der Waals surface area contributed by atoms with E-state index in [1.807, 2.05) is 39.8 Å². The molecule has 0 aliphatic heterocycles. The number of aryl methyl sites for hydroxylation is 1. The minimum Gasteiger partial charge on any atom is -0.350 e. The van der Waals surface area contributed by atoms with E-state index in [2.05, 4.69) is 17.2 Å². The molecule has 0 aliphatic rings. The molecule has 3 N–H and O–H groups in total. The monoisotopic (exact) mass is 263 g/mol. The Bertz CT molecular complexity index is 447. The largest absolute Gasteiger partial charge is 0.350 e. The van der Waals surface area contributed by atoms with E-state index in [-0.39, 0.29) is 5.91 Å². The summed E-state index contributed by atoms with van der Waals surface area (Å²) in [5.41, 5.74) is 6.94. The van der Waals surface area contributed by atoms with Gasteiger partial charge in [-0.15, -0.1) is 0 Å². The van der Waals surface area contributed by atoms with Crippen LogP contribution in [0.4, 0.5) is 0 Å². The summed E-state index contributed by atoms with van der Waals surface area (Å²) in [5.74, 6) is -0.0484. The third-order valence-corrected chi connectivity index (χ3v) is 3.96. The molecule has 1 aromatic rings. The summed E-state index contributed by atoms with van der Waals surface area (Å²) >= 11 is 0. The zero-order valence-electron chi connectivity index (χ0n) is 12.6. The molecule has 0 radical (unpaired) electrons. The van der Waals surface area contributed by atoms with E-state index in [0.717, 1.165) is 17.7 Å². The lowest BCUT2D eigenvalue weighted by atomic mass is 9.74. The molecule has 0 unspecified atom stereocenters. The van der Waals surface area contributed by atoms with Crippen molar-refractivity contribution in [3.8, 4) is 0 Å². The molecular formula is C15H25N3O. The van der Waals surface area contributed by atoms with Gasteiger partial charge in [0.1, 0.15) is 0 Å². The van der Waals surface area contributed by atoms with Crippen molar-refractivity contribution < 1.29 is 4.79 Å². The predicted octanol–water partition coefficient (Wildman–Crippen LogP) is 2.02. The van der Waals surface area contributed by atoms with Crippen LogP contribution < -0.4 is 11.1 Å². The summed E-state index contributed by atoms with van der Waals surface area (Å²) in [5, 5.41) is 2.94. The van der Waals surface area contributed by atoms with E-state index < -0.39 is 11.0 Å². The Hall–Kier alpha value is -1.42. The van der Waals surface area contributed by atoms with E-state index >= 15 is 0 Å². The van der Waals surface area contributed by atoms with Crippen molar-refractivity contribution in [3.05, 3.63) is 29.6 Å². The molecule has 0 fully saturated rings. The van der Waals surface area contributed by atoms with Gasteiger partial charge in [-0.3, -0.25) is 9.78 Å². The number of carbonyl (C=O) groups is 1. The highest BCUT2D eigenvalue weighted by Crippen LogP contribution is 2.28. The van der Waals surface area contributed by atoms with Gasteiger partial charge < -0.3 is 11.1 Å². The van der Waals surface area contributed by atoms with Crippen molar-refractivity contribution in [2.45, 2.75) is 53.1 Å². The molecule has 106 valence electrons. The third kappa shape index (κ3) is 3.53. The number of amides is 1. The minimum absolute atomic E-state index is 0.0484. The zero-order valence-corrected chi connectivity index (χ0v) is 12.6. The number of nitrogens with zero attached hydrogens (tertiary/aromatic N) is 1. The summed E-state index contributed by atoms with van der Waals surface area (Å²) in [6.45, 7) is 9.98. The summed E-state index contributed by atoms with van der Waals surface area (Å²) in [7, 11) is 0. The van der Waals surface area contributed by atoms with Gasteiger partial charge in [-0.25, -0.2) is 0 Å². The molecule has 4 nitrogen and oxygen atoms in total. The van der Waals surface area contributed by atoms with Gasteiger partial charge in [-0.05, 0) is 45.7 Å². The van der Waals surface area contributed by atoms with Gasteiger partial charge in [0.2, 0.25) is 5.91 Å². The Labute approximate surface area is 115 Å². The van der Waals surface area contributed by atoms with E-state index in [4.69, 9.17) is 5.73 Å². The van der Waals surface area contributed by atoms with Crippen LogP contribution in [0.25, 0.3) is 0 Å². The first-order valence-corrected chi connectivity index (χ1v) is 6.70. The van der Waals surface area contributed by atoms with Gasteiger partial charge in [0.25, 0.3) is 0 Å². The number of aromatic nitrogens is 1. The van der Waals surface area contributed by atoms with Crippen LogP contribution in [0.5, 0.6) is 0 Å². The van der Waals surface area contributed by atoms with Crippen molar-refractivity contribution in [2.24, 2.45) is 11.1 Å². The molecule has 1 amide bonds. The van der Waals surface area contributed by atoms with Gasteiger partial charge >= 0.3 is 0 Å². The topological polar surface area (TPSA) is 68.0 Å². The summed E-state index contributed by atoms with van der Waals surface area (Å²) in [6.07, 6.45) is 2.66. The van der Waals surface area contributed by atoms with Crippen molar-refractivity contribution in [2.75, 3.05) is 0 Å². The fraction of sp³-hybridized carbons (Fsp3) is 0.600. The molecule has 0 atom stereocenters. The van der Waals surface area contributed by atoms with Crippen LogP contribution in [0.2, 0.25) is 0 Å². The smallest absolute Gasteiger partial charge is 0.227 e. The fourth-order valence-electron chi connectivity index (χ4n) is 1.63. The highest BCUT2D eigenvalue weighted by molar-refractivity contribution is 5.83. The second-order valence-corrected chi connectivity index (χ2v) is 5.99. The first-order valence-electron chi connectivity index (χ1n) is 6.70. The summed E-state index contributed by atoms with van der Waals surface area (Å²) in [6, 6.07) is 3.95. The second kappa shape index (κ2) is 5.70. The van der Waals surface area contributed by atoms with Gasteiger partial charge in [0.05, 0.1) is 17.7 Å². The highest BCUT2D eigenvalue weighted by atomic mass is 16.2. The maximum absolute atomic E-state index is 12.3. The van der Waals surface area contributed by atoms with Crippen molar-refractivity contribution in [3.63, 3.8) is 0 Å². The molecule has 0 spiro atoms. The predicted molar refractivity (Wildman–Crippen MR) is 77.5 cm³/mol. The van der Waals surface area contributed by atoms with Gasteiger partial charge in [0.15, 0.2) is 0 Å². The quantitative estimate of drug-likeness (QED) is 0.854.